The van der Waals surface area contributed by atoms with Gasteiger partial charge in [-0.15, -0.1) is 0 Å². The highest BCUT2D eigenvalue weighted by Crippen LogP contribution is 2.35. The van der Waals surface area contributed by atoms with E-state index in [4.69, 9.17) is 17.3 Å². The summed E-state index contributed by atoms with van der Waals surface area (Å²) in [5.74, 6) is -0.693. The molecule has 2 rings (SSSR count). The Bertz CT molecular complexity index is 686. The molecule has 2 aromatic rings. The van der Waals surface area contributed by atoms with E-state index in [1.54, 1.807) is 12.1 Å². The summed E-state index contributed by atoms with van der Waals surface area (Å²) in [6, 6.07) is 9.10. The molecule has 0 fully saturated rings. The topological polar surface area (TPSA) is 55.1 Å². The van der Waals surface area contributed by atoms with E-state index in [9.17, 15) is 18.0 Å². The van der Waals surface area contributed by atoms with Crippen LogP contribution in [-0.4, -0.2) is 5.91 Å². The van der Waals surface area contributed by atoms with E-state index < -0.39 is 17.6 Å². The smallest absolute Gasteiger partial charge is 0.366 e. The molecule has 0 aliphatic rings. The maximum atomic E-state index is 12.7. The molecule has 0 atom stereocenters. The third-order valence-corrected chi connectivity index (χ3v) is 3.09. The number of nitrogens with one attached hydrogen (secondary N) is 1. The van der Waals surface area contributed by atoms with Gasteiger partial charge in [-0.1, -0.05) is 23.7 Å². The minimum atomic E-state index is -4.48. The first-order valence-corrected chi connectivity index (χ1v) is 6.19. The number of alkyl halides is 3. The lowest BCUT2D eigenvalue weighted by atomic mass is 10.1. The molecular weight excluding hydrogens is 305 g/mol. The van der Waals surface area contributed by atoms with Crippen LogP contribution in [0.2, 0.25) is 5.02 Å². The number of halogens is 4. The van der Waals surface area contributed by atoms with Crippen LogP contribution in [-0.2, 0) is 6.18 Å². The summed E-state index contributed by atoms with van der Waals surface area (Å²) in [6.45, 7) is 0. The zero-order valence-electron chi connectivity index (χ0n) is 10.5. The molecule has 0 bridgehead atoms. The molecule has 110 valence electrons. The maximum absolute atomic E-state index is 12.7. The normalized spacial score (nSPS) is 11.2. The molecule has 2 aromatic carbocycles. The predicted octanol–water partition coefficient (Wildman–Crippen LogP) is 4.20. The summed E-state index contributed by atoms with van der Waals surface area (Å²) in [5, 5.41) is 2.80. The second-order valence-corrected chi connectivity index (χ2v) is 4.63. The number of hydrogen-bond donors (Lipinski definition) is 2. The van der Waals surface area contributed by atoms with Crippen molar-refractivity contribution in [3.63, 3.8) is 0 Å². The number of hydrogen-bond acceptors (Lipinski definition) is 2. The van der Waals surface area contributed by atoms with E-state index in [-0.39, 0.29) is 22.0 Å². The van der Waals surface area contributed by atoms with Crippen molar-refractivity contribution in [2.45, 2.75) is 6.18 Å². The van der Waals surface area contributed by atoms with Gasteiger partial charge in [-0.25, -0.2) is 0 Å². The summed E-state index contributed by atoms with van der Waals surface area (Å²) < 4.78 is 38.1. The first-order chi connectivity index (χ1) is 9.79. The molecule has 0 aliphatic heterocycles. The Kier molecular flexibility index (Phi) is 4.09. The van der Waals surface area contributed by atoms with Gasteiger partial charge in [0, 0.05) is 0 Å². The molecule has 21 heavy (non-hydrogen) atoms. The van der Waals surface area contributed by atoms with Gasteiger partial charge in [-0.2, -0.15) is 13.2 Å². The molecule has 0 aliphatic carbocycles. The van der Waals surface area contributed by atoms with Gasteiger partial charge < -0.3 is 11.1 Å². The van der Waals surface area contributed by atoms with E-state index >= 15 is 0 Å². The molecule has 0 unspecified atom stereocenters. The van der Waals surface area contributed by atoms with Gasteiger partial charge in [-0.05, 0) is 30.3 Å². The number of para-hydroxylation sites is 1. The summed E-state index contributed by atoms with van der Waals surface area (Å²) in [7, 11) is 0. The molecule has 0 heterocycles. The number of benzene rings is 2. The maximum Gasteiger partial charge on any atom is 0.416 e. The average molecular weight is 315 g/mol. The molecule has 3 nitrogen and oxygen atoms in total. The number of carbonyl (C=O) groups is 1. The van der Waals surface area contributed by atoms with Gasteiger partial charge in [0.2, 0.25) is 0 Å². The number of amides is 1. The number of rotatable bonds is 3. The van der Waals surface area contributed by atoms with Gasteiger partial charge in [0.1, 0.15) is 0 Å². The minimum absolute atomic E-state index is 0.0418. The predicted molar refractivity (Wildman–Crippen MR) is 74.7 cm³/mol. The Hall–Kier alpha value is -2.21. The molecule has 1 amide bonds. The molecule has 0 saturated heterocycles. The van der Waals surface area contributed by atoms with Gasteiger partial charge >= 0.3 is 6.18 Å². The third-order valence-electron chi connectivity index (χ3n) is 2.76. The average Bonchev–Trinajstić information content (AvgIpc) is 2.40. The fraction of sp³-hybridized carbons (Fsp3) is 0.0714. The van der Waals surface area contributed by atoms with Crippen LogP contribution in [0.5, 0.6) is 0 Å². The first-order valence-electron chi connectivity index (χ1n) is 5.81. The van der Waals surface area contributed by atoms with E-state index in [0.29, 0.717) is 0 Å². The second kappa shape index (κ2) is 5.65. The molecular formula is C14H10ClF3N2O. The highest BCUT2D eigenvalue weighted by molar-refractivity contribution is 6.33. The lowest BCUT2D eigenvalue weighted by molar-refractivity contribution is -0.137. The van der Waals surface area contributed by atoms with Crippen LogP contribution >= 0.6 is 11.6 Å². The summed E-state index contributed by atoms with van der Waals surface area (Å²) in [6.07, 6.45) is -4.48. The molecule has 0 radical (unpaired) electrons. The highest BCUT2D eigenvalue weighted by Gasteiger charge is 2.31. The third kappa shape index (κ3) is 3.46. The Morgan fingerprint density at radius 2 is 1.76 bits per heavy atom. The van der Waals surface area contributed by atoms with Crippen molar-refractivity contribution in [3.05, 3.63) is 58.6 Å². The van der Waals surface area contributed by atoms with Crippen molar-refractivity contribution >= 4 is 28.9 Å². The van der Waals surface area contributed by atoms with Crippen molar-refractivity contribution < 1.29 is 18.0 Å². The molecule has 0 spiro atoms. The van der Waals surface area contributed by atoms with Crippen molar-refractivity contribution in [3.8, 4) is 0 Å². The molecule has 0 aromatic heterocycles. The standard InChI is InChI=1S/C14H10ClF3N2O/c15-10-6-5-8(14(16,17)18)7-12(10)20-11-4-2-1-3-9(11)13(19)21/h1-7,20H,(H2,19,21). The monoisotopic (exact) mass is 314 g/mol. The Balaban J connectivity index is 2.43. The van der Waals surface area contributed by atoms with Crippen LogP contribution in [0.4, 0.5) is 24.5 Å². The fourth-order valence-corrected chi connectivity index (χ4v) is 1.91. The zero-order chi connectivity index (χ0) is 15.6. The summed E-state index contributed by atoms with van der Waals surface area (Å²) in [4.78, 5) is 11.3. The van der Waals surface area contributed by atoms with Crippen LogP contribution in [0.3, 0.4) is 0 Å². The van der Waals surface area contributed by atoms with Crippen LogP contribution < -0.4 is 11.1 Å². The fourth-order valence-electron chi connectivity index (χ4n) is 1.75. The summed E-state index contributed by atoms with van der Waals surface area (Å²) in [5.41, 5.74) is 4.86. The van der Waals surface area contributed by atoms with Crippen molar-refractivity contribution in [2.75, 3.05) is 5.32 Å². The van der Waals surface area contributed by atoms with Crippen molar-refractivity contribution in [2.24, 2.45) is 5.73 Å². The van der Waals surface area contributed by atoms with Crippen LogP contribution in [0.25, 0.3) is 0 Å². The number of carbonyl (C=O) groups excluding carboxylic acids is 1. The summed E-state index contributed by atoms with van der Waals surface area (Å²) >= 11 is 5.88. The second-order valence-electron chi connectivity index (χ2n) is 4.23. The van der Waals surface area contributed by atoms with Gasteiger partial charge in [0.25, 0.3) is 5.91 Å². The largest absolute Gasteiger partial charge is 0.416 e. The van der Waals surface area contributed by atoms with Gasteiger partial charge in [0.05, 0.1) is 27.5 Å². The number of nitrogens with two attached hydrogens (primary N) is 1. The number of primary amides is 1. The van der Waals surface area contributed by atoms with E-state index in [0.717, 1.165) is 18.2 Å². The van der Waals surface area contributed by atoms with Gasteiger partial charge in [-0.3, -0.25) is 4.79 Å². The van der Waals surface area contributed by atoms with Crippen LogP contribution in [0, 0.1) is 0 Å². The first kappa shape index (κ1) is 15.2. The van der Waals surface area contributed by atoms with E-state index in [1.165, 1.54) is 12.1 Å². The Morgan fingerprint density at radius 1 is 1.10 bits per heavy atom. The Morgan fingerprint density at radius 3 is 2.38 bits per heavy atom. The van der Waals surface area contributed by atoms with Crippen molar-refractivity contribution in [1.29, 1.82) is 0 Å². The Labute approximate surface area is 123 Å². The quantitative estimate of drug-likeness (QED) is 0.892. The highest BCUT2D eigenvalue weighted by atomic mass is 35.5. The van der Waals surface area contributed by atoms with Crippen molar-refractivity contribution in [1.82, 2.24) is 0 Å². The minimum Gasteiger partial charge on any atom is -0.366 e. The molecule has 7 heteroatoms. The van der Waals surface area contributed by atoms with E-state index in [1.807, 2.05) is 0 Å². The number of anilines is 2. The molecule has 0 saturated carbocycles. The van der Waals surface area contributed by atoms with Crippen LogP contribution in [0.1, 0.15) is 15.9 Å². The zero-order valence-corrected chi connectivity index (χ0v) is 11.3. The van der Waals surface area contributed by atoms with E-state index in [2.05, 4.69) is 5.32 Å². The van der Waals surface area contributed by atoms with Gasteiger partial charge in [0.15, 0.2) is 0 Å². The van der Waals surface area contributed by atoms with Crippen LogP contribution in [0.15, 0.2) is 42.5 Å². The molecule has 3 N–H and O–H groups in total. The SMILES string of the molecule is NC(=O)c1ccccc1Nc1cc(C(F)(F)F)ccc1Cl. The lowest BCUT2D eigenvalue weighted by Crippen LogP contribution is -2.13. The lowest BCUT2D eigenvalue weighted by Gasteiger charge is -2.14.